The minimum absolute atomic E-state index is 0. The molecule has 0 fully saturated rings. The molecule has 0 saturated carbocycles. The number of rotatable bonds is 2. The van der Waals surface area contributed by atoms with E-state index in [-0.39, 0.29) is 52.8 Å². The third kappa shape index (κ3) is 2.58. The second-order valence-electron chi connectivity index (χ2n) is 4.01. The number of hydrogen-bond donors (Lipinski definition) is 1. The van der Waals surface area contributed by atoms with Crippen molar-refractivity contribution in [1.82, 2.24) is 0 Å². The Balaban J connectivity index is 0.000000902. The average Bonchev–Trinajstić information content (AvgIpc) is 2.80. The molecule has 1 aromatic carbocycles. The van der Waals surface area contributed by atoms with Crippen molar-refractivity contribution < 1.29 is 52.8 Å². The van der Waals surface area contributed by atoms with Gasteiger partial charge in [0.05, 0.1) is 0 Å². The molecule has 6 heteroatoms. The van der Waals surface area contributed by atoms with Crippen LogP contribution in [-0.2, 0) is 6.42 Å². The van der Waals surface area contributed by atoms with Crippen LogP contribution in [0.25, 0.3) is 0 Å². The van der Waals surface area contributed by atoms with Gasteiger partial charge in [-0.05, 0) is 5.56 Å². The van der Waals surface area contributed by atoms with Crippen LogP contribution in [0.5, 0.6) is 0 Å². The third-order valence-corrected chi connectivity index (χ3v) is 2.77. The van der Waals surface area contributed by atoms with E-state index >= 15 is 0 Å². The first-order valence-electron chi connectivity index (χ1n) is 5.33. The number of benzene rings is 1. The molecule has 0 aliphatic carbocycles. The molecule has 1 aromatic rings. The molecule has 5 nitrogen and oxygen atoms in total. The molecule has 2 aliphatic rings. The number of hydrogen-bond acceptors (Lipinski definition) is 5. The zero-order chi connectivity index (χ0) is 11.7. The number of nitrogens with two attached hydrogens (primary N) is 1. The second-order valence-corrected chi connectivity index (χ2v) is 4.01. The van der Waals surface area contributed by atoms with Crippen molar-refractivity contribution in [2.75, 3.05) is 0 Å². The van der Waals surface area contributed by atoms with Gasteiger partial charge in [0.25, 0.3) is 0 Å². The SMILES string of the molecule is NC1(Cc2ccccc2)N=CN=C2N=CN=C21.[H-].[K+]. The van der Waals surface area contributed by atoms with Crippen LogP contribution in [0.1, 0.15) is 6.99 Å². The van der Waals surface area contributed by atoms with Crippen molar-refractivity contribution in [2.45, 2.75) is 12.1 Å². The van der Waals surface area contributed by atoms with E-state index in [0.29, 0.717) is 18.0 Å². The van der Waals surface area contributed by atoms with Gasteiger partial charge in [-0.25, -0.2) is 20.0 Å². The van der Waals surface area contributed by atoms with Crippen molar-refractivity contribution in [3.8, 4) is 0 Å². The van der Waals surface area contributed by atoms with Crippen molar-refractivity contribution >= 4 is 24.2 Å². The molecule has 0 radical (unpaired) electrons. The van der Waals surface area contributed by atoms with E-state index in [1.807, 2.05) is 30.3 Å². The topological polar surface area (TPSA) is 75.5 Å². The maximum Gasteiger partial charge on any atom is 1.00 e. The maximum absolute atomic E-state index is 6.29. The molecule has 86 valence electrons. The van der Waals surface area contributed by atoms with Crippen LogP contribution in [0.15, 0.2) is 50.3 Å². The molecule has 0 bridgehead atoms. The number of aliphatic imine (C=N–C) groups is 4. The molecule has 18 heavy (non-hydrogen) atoms. The van der Waals surface area contributed by atoms with Gasteiger partial charge in [-0.15, -0.1) is 0 Å². The van der Waals surface area contributed by atoms with Gasteiger partial charge in [0.2, 0.25) is 0 Å². The quantitative estimate of drug-likeness (QED) is 0.613. The first-order chi connectivity index (χ1) is 8.28. The van der Waals surface area contributed by atoms with E-state index in [1.165, 1.54) is 12.7 Å². The first kappa shape index (κ1) is 13.9. The minimum atomic E-state index is -0.852. The summed E-state index contributed by atoms with van der Waals surface area (Å²) in [4.78, 5) is 16.5. The van der Waals surface area contributed by atoms with E-state index in [1.54, 1.807) is 0 Å². The van der Waals surface area contributed by atoms with Crippen molar-refractivity contribution in [2.24, 2.45) is 25.7 Å². The summed E-state index contributed by atoms with van der Waals surface area (Å²) >= 11 is 0. The molecule has 2 aliphatic heterocycles. The minimum Gasteiger partial charge on any atom is -1.00 e. The molecule has 1 unspecified atom stereocenters. The summed E-state index contributed by atoms with van der Waals surface area (Å²) in [6.45, 7) is 0. The van der Waals surface area contributed by atoms with Crippen LogP contribution in [0.2, 0.25) is 0 Å². The standard InChI is InChI=1S/C12H11N5.K.H/c13-12(6-9-4-2-1-3-5-9)10-11(15-7-14-10)16-8-17-12;;/h1-5,7-8H,6,13H2;;/q;+1;-1. The molecule has 2 heterocycles. The number of nitrogens with zero attached hydrogens (tertiary/aromatic N) is 4. The molecule has 2 N–H and O–H groups in total. The summed E-state index contributed by atoms with van der Waals surface area (Å²) in [6.07, 6.45) is 3.51. The van der Waals surface area contributed by atoms with Crippen LogP contribution in [0.3, 0.4) is 0 Å². The monoisotopic (exact) mass is 265 g/mol. The number of fused-ring (bicyclic) bond motifs is 1. The predicted molar refractivity (Wildman–Crippen MR) is 70.0 cm³/mol. The largest absolute Gasteiger partial charge is 1.00 e. The van der Waals surface area contributed by atoms with E-state index < -0.39 is 5.66 Å². The fourth-order valence-electron chi connectivity index (χ4n) is 1.94. The Labute approximate surface area is 149 Å². The summed E-state index contributed by atoms with van der Waals surface area (Å²) in [5.74, 6) is 0.568. The Morgan fingerprint density at radius 3 is 2.67 bits per heavy atom. The molecular weight excluding hydrogens is 253 g/mol. The molecule has 0 saturated heterocycles. The average molecular weight is 265 g/mol. The fraction of sp³-hybridized carbons (Fsp3) is 0.167. The predicted octanol–water partition coefficient (Wildman–Crippen LogP) is -2.08. The Kier molecular flexibility index (Phi) is 4.36. The summed E-state index contributed by atoms with van der Waals surface area (Å²) in [5.41, 5.74) is 7.19. The molecule has 0 aromatic heterocycles. The van der Waals surface area contributed by atoms with E-state index in [2.05, 4.69) is 20.0 Å². The van der Waals surface area contributed by atoms with Gasteiger partial charge >= 0.3 is 51.4 Å². The van der Waals surface area contributed by atoms with Gasteiger partial charge in [-0.2, -0.15) is 0 Å². The molecule has 3 rings (SSSR count). The van der Waals surface area contributed by atoms with Crippen LogP contribution in [0, 0.1) is 0 Å². The van der Waals surface area contributed by atoms with Crippen molar-refractivity contribution in [3.05, 3.63) is 35.9 Å². The fourth-order valence-corrected chi connectivity index (χ4v) is 1.94. The van der Waals surface area contributed by atoms with Gasteiger partial charge < -0.3 is 7.16 Å². The van der Waals surface area contributed by atoms with Gasteiger partial charge in [0, 0.05) is 6.42 Å². The number of amidine groups is 1. The van der Waals surface area contributed by atoms with Crippen LogP contribution in [-0.4, -0.2) is 29.9 Å². The van der Waals surface area contributed by atoms with Gasteiger partial charge in [0.1, 0.15) is 18.4 Å². The maximum atomic E-state index is 6.29. The molecule has 0 spiro atoms. The van der Waals surface area contributed by atoms with E-state index in [9.17, 15) is 0 Å². The zero-order valence-corrected chi connectivity index (χ0v) is 13.2. The molecule has 1 atom stereocenters. The summed E-state index contributed by atoms with van der Waals surface area (Å²) in [7, 11) is 0. The van der Waals surface area contributed by atoms with Crippen LogP contribution < -0.4 is 57.1 Å². The van der Waals surface area contributed by atoms with E-state index in [0.717, 1.165) is 5.56 Å². The van der Waals surface area contributed by atoms with Gasteiger partial charge in [0.15, 0.2) is 11.5 Å². The first-order valence-corrected chi connectivity index (χ1v) is 5.33. The summed E-state index contributed by atoms with van der Waals surface area (Å²) in [6, 6.07) is 9.97. The Morgan fingerprint density at radius 1 is 1.11 bits per heavy atom. The third-order valence-electron chi connectivity index (χ3n) is 2.77. The normalized spacial score (nSPS) is 24.1. The summed E-state index contributed by atoms with van der Waals surface area (Å²) in [5, 5.41) is 0. The summed E-state index contributed by atoms with van der Waals surface area (Å²) < 4.78 is 0. The van der Waals surface area contributed by atoms with Gasteiger partial charge in [-0.1, -0.05) is 30.3 Å². The Morgan fingerprint density at radius 2 is 1.89 bits per heavy atom. The van der Waals surface area contributed by atoms with Crippen molar-refractivity contribution in [1.29, 1.82) is 0 Å². The van der Waals surface area contributed by atoms with Crippen molar-refractivity contribution in [3.63, 3.8) is 0 Å². The Hall–Kier alpha value is -0.504. The second kappa shape index (κ2) is 5.64. The molecule has 0 amide bonds. The van der Waals surface area contributed by atoms with E-state index in [4.69, 9.17) is 5.73 Å². The van der Waals surface area contributed by atoms with Crippen LogP contribution in [0.4, 0.5) is 0 Å². The Bertz CT molecular complexity index is 567. The van der Waals surface area contributed by atoms with Crippen LogP contribution >= 0.6 is 0 Å². The smallest absolute Gasteiger partial charge is 1.00 e. The zero-order valence-electron chi connectivity index (χ0n) is 11.1. The molecular formula is C12H12KN5. The van der Waals surface area contributed by atoms with Gasteiger partial charge in [-0.3, -0.25) is 0 Å².